The second-order valence-corrected chi connectivity index (χ2v) is 4.50. The molecule has 2 N–H and O–H groups in total. The second kappa shape index (κ2) is 3.28. The van der Waals surface area contributed by atoms with Crippen LogP contribution in [0.2, 0.25) is 0 Å². The highest BCUT2D eigenvalue weighted by molar-refractivity contribution is 5.40. The van der Waals surface area contributed by atoms with Crippen LogP contribution in [-0.2, 0) is 12.0 Å². The zero-order valence-electron chi connectivity index (χ0n) is 8.84. The van der Waals surface area contributed by atoms with E-state index in [2.05, 4.69) is 12.1 Å². The number of ether oxygens (including phenoxy) is 1. The molecular formula is C12H17NO. The summed E-state index contributed by atoms with van der Waals surface area (Å²) in [5, 5.41) is 0. The van der Waals surface area contributed by atoms with Crippen LogP contribution in [0.15, 0.2) is 18.2 Å². The second-order valence-electron chi connectivity index (χ2n) is 4.50. The third-order valence-corrected chi connectivity index (χ3v) is 2.65. The summed E-state index contributed by atoms with van der Waals surface area (Å²) < 4.78 is 5.55. The maximum Gasteiger partial charge on any atom is 0.122 e. The fourth-order valence-corrected chi connectivity index (χ4v) is 1.76. The number of hydrogen-bond acceptors (Lipinski definition) is 2. The summed E-state index contributed by atoms with van der Waals surface area (Å²) in [6.07, 6.45) is 2.22. The van der Waals surface area contributed by atoms with Gasteiger partial charge in [-0.1, -0.05) is 12.1 Å². The van der Waals surface area contributed by atoms with Crippen molar-refractivity contribution in [2.45, 2.75) is 32.2 Å². The van der Waals surface area contributed by atoms with Crippen LogP contribution in [0, 0.1) is 0 Å². The van der Waals surface area contributed by atoms with E-state index in [1.165, 1.54) is 11.1 Å². The summed E-state index contributed by atoms with van der Waals surface area (Å²) in [5.41, 5.74) is 8.27. The molecule has 0 aromatic heterocycles. The highest BCUT2D eigenvalue weighted by Crippen LogP contribution is 2.28. The van der Waals surface area contributed by atoms with Crippen molar-refractivity contribution in [3.8, 4) is 5.75 Å². The van der Waals surface area contributed by atoms with Gasteiger partial charge >= 0.3 is 0 Å². The molecular weight excluding hydrogens is 174 g/mol. The molecule has 2 heteroatoms. The van der Waals surface area contributed by atoms with Crippen LogP contribution in [0.5, 0.6) is 5.75 Å². The Hall–Kier alpha value is -1.02. The largest absolute Gasteiger partial charge is 0.493 e. The van der Waals surface area contributed by atoms with E-state index < -0.39 is 0 Å². The Kier molecular flexibility index (Phi) is 2.23. The van der Waals surface area contributed by atoms with Crippen LogP contribution < -0.4 is 10.5 Å². The topological polar surface area (TPSA) is 35.2 Å². The SMILES string of the molecule is CC(C)(N)c1ccc2c(c1)CCCO2. The molecule has 0 bridgehead atoms. The van der Waals surface area contributed by atoms with Crippen molar-refractivity contribution in [3.05, 3.63) is 29.3 Å². The first-order valence-corrected chi connectivity index (χ1v) is 5.12. The van der Waals surface area contributed by atoms with Crippen molar-refractivity contribution in [3.63, 3.8) is 0 Å². The van der Waals surface area contributed by atoms with Gasteiger partial charge in [-0.15, -0.1) is 0 Å². The summed E-state index contributed by atoms with van der Waals surface area (Å²) >= 11 is 0. The van der Waals surface area contributed by atoms with E-state index in [0.717, 1.165) is 25.2 Å². The minimum absolute atomic E-state index is 0.257. The average Bonchev–Trinajstić information content (AvgIpc) is 2.16. The van der Waals surface area contributed by atoms with Crippen LogP contribution in [0.25, 0.3) is 0 Å². The van der Waals surface area contributed by atoms with Gasteiger partial charge in [0.1, 0.15) is 5.75 Å². The first-order valence-electron chi connectivity index (χ1n) is 5.12. The van der Waals surface area contributed by atoms with E-state index in [1.807, 2.05) is 19.9 Å². The van der Waals surface area contributed by atoms with Crippen molar-refractivity contribution < 1.29 is 4.74 Å². The van der Waals surface area contributed by atoms with Gasteiger partial charge in [0.2, 0.25) is 0 Å². The molecule has 0 atom stereocenters. The van der Waals surface area contributed by atoms with Crippen molar-refractivity contribution in [2.75, 3.05) is 6.61 Å². The molecule has 1 aliphatic rings. The van der Waals surface area contributed by atoms with Gasteiger partial charge in [0.15, 0.2) is 0 Å². The standard InChI is InChI=1S/C12H17NO/c1-12(2,13)10-5-6-11-9(8-10)4-3-7-14-11/h5-6,8H,3-4,7,13H2,1-2H3. The van der Waals surface area contributed by atoms with Gasteiger partial charge in [0.05, 0.1) is 6.61 Å². The Morgan fingerprint density at radius 2 is 2.14 bits per heavy atom. The molecule has 0 fully saturated rings. The number of hydrogen-bond donors (Lipinski definition) is 1. The van der Waals surface area contributed by atoms with Gasteiger partial charge < -0.3 is 10.5 Å². The van der Waals surface area contributed by atoms with Gasteiger partial charge in [-0.3, -0.25) is 0 Å². The van der Waals surface area contributed by atoms with E-state index >= 15 is 0 Å². The lowest BCUT2D eigenvalue weighted by Crippen LogP contribution is -2.28. The maximum absolute atomic E-state index is 6.05. The van der Waals surface area contributed by atoms with E-state index in [1.54, 1.807) is 0 Å². The van der Waals surface area contributed by atoms with E-state index in [9.17, 15) is 0 Å². The van der Waals surface area contributed by atoms with Crippen LogP contribution in [-0.4, -0.2) is 6.61 Å². The van der Waals surface area contributed by atoms with E-state index in [-0.39, 0.29) is 5.54 Å². The van der Waals surface area contributed by atoms with Crippen molar-refractivity contribution in [2.24, 2.45) is 5.73 Å². The van der Waals surface area contributed by atoms with Gasteiger partial charge in [-0.25, -0.2) is 0 Å². The third-order valence-electron chi connectivity index (χ3n) is 2.65. The van der Waals surface area contributed by atoms with Crippen molar-refractivity contribution >= 4 is 0 Å². The van der Waals surface area contributed by atoms with Crippen molar-refractivity contribution in [1.29, 1.82) is 0 Å². The monoisotopic (exact) mass is 191 g/mol. The van der Waals surface area contributed by atoms with Gasteiger partial charge in [-0.2, -0.15) is 0 Å². The Bertz CT molecular complexity index is 339. The van der Waals surface area contributed by atoms with Gasteiger partial charge in [-0.05, 0) is 43.9 Å². The lowest BCUT2D eigenvalue weighted by atomic mass is 9.92. The summed E-state index contributed by atoms with van der Waals surface area (Å²) in [6, 6.07) is 6.27. The van der Waals surface area contributed by atoms with Crippen molar-refractivity contribution in [1.82, 2.24) is 0 Å². The molecule has 0 saturated carbocycles. The van der Waals surface area contributed by atoms with Crippen LogP contribution >= 0.6 is 0 Å². The molecule has 0 saturated heterocycles. The lowest BCUT2D eigenvalue weighted by molar-refractivity contribution is 0.288. The summed E-state index contributed by atoms with van der Waals surface area (Å²) in [5.74, 6) is 1.03. The minimum atomic E-state index is -0.257. The third kappa shape index (κ3) is 1.75. The molecule has 76 valence electrons. The fraction of sp³-hybridized carbons (Fsp3) is 0.500. The molecule has 14 heavy (non-hydrogen) atoms. The fourth-order valence-electron chi connectivity index (χ4n) is 1.76. The Balaban J connectivity index is 2.39. The van der Waals surface area contributed by atoms with Gasteiger partial charge in [0.25, 0.3) is 0 Å². The highest BCUT2D eigenvalue weighted by Gasteiger charge is 2.17. The van der Waals surface area contributed by atoms with E-state index in [4.69, 9.17) is 10.5 Å². The predicted molar refractivity (Wildman–Crippen MR) is 57.5 cm³/mol. The Labute approximate surface area is 85.1 Å². The molecule has 1 aromatic rings. The van der Waals surface area contributed by atoms with E-state index in [0.29, 0.717) is 0 Å². The average molecular weight is 191 g/mol. The zero-order chi connectivity index (χ0) is 10.2. The number of rotatable bonds is 1. The number of fused-ring (bicyclic) bond motifs is 1. The lowest BCUT2D eigenvalue weighted by Gasteiger charge is -2.23. The summed E-state index contributed by atoms with van der Waals surface area (Å²) in [4.78, 5) is 0. The molecule has 0 amide bonds. The molecule has 2 nitrogen and oxygen atoms in total. The molecule has 0 unspecified atom stereocenters. The molecule has 1 aromatic carbocycles. The molecule has 0 aliphatic carbocycles. The van der Waals surface area contributed by atoms with Crippen LogP contribution in [0.1, 0.15) is 31.4 Å². The predicted octanol–water partition coefficient (Wildman–Crippen LogP) is 2.21. The molecule has 0 spiro atoms. The molecule has 1 heterocycles. The smallest absolute Gasteiger partial charge is 0.122 e. The summed E-state index contributed by atoms with van der Waals surface area (Å²) in [7, 11) is 0. The van der Waals surface area contributed by atoms with Crippen LogP contribution in [0.3, 0.4) is 0 Å². The normalized spacial score (nSPS) is 15.9. The number of benzene rings is 1. The Morgan fingerprint density at radius 3 is 2.86 bits per heavy atom. The molecule has 2 rings (SSSR count). The van der Waals surface area contributed by atoms with Gasteiger partial charge in [0, 0.05) is 5.54 Å². The highest BCUT2D eigenvalue weighted by atomic mass is 16.5. The first kappa shape index (κ1) is 9.53. The number of aryl methyl sites for hydroxylation is 1. The molecule has 1 aliphatic heterocycles. The maximum atomic E-state index is 6.05. The van der Waals surface area contributed by atoms with Crippen LogP contribution in [0.4, 0.5) is 0 Å². The Morgan fingerprint density at radius 1 is 1.36 bits per heavy atom. The quantitative estimate of drug-likeness (QED) is 0.738. The molecule has 0 radical (unpaired) electrons. The minimum Gasteiger partial charge on any atom is -0.493 e. The summed E-state index contributed by atoms with van der Waals surface area (Å²) in [6.45, 7) is 4.90. The number of nitrogens with two attached hydrogens (primary N) is 1. The first-order chi connectivity index (χ1) is 6.57. The zero-order valence-corrected chi connectivity index (χ0v) is 8.84.